The molecular formula is C14H27Cl2N3O2. The van der Waals surface area contributed by atoms with E-state index in [0.29, 0.717) is 18.7 Å². The maximum atomic E-state index is 12.7. The molecule has 3 aliphatic heterocycles. The minimum atomic E-state index is -0.163. The number of rotatable bonds is 1. The lowest BCUT2D eigenvalue weighted by molar-refractivity contribution is -0.145. The first kappa shape index (κ1) is 19.0. The summed E-state index contributed by atoms with van der Waals surface area (Å²) in [4.78, 5) is 17.4. The fourth-order valence-corrected chi connectivity index (χ4v) is 3.68. The monoisotopic (exact) mass is 339 g/mol. The van der Waals surface area contributed by atoms with Crippen molar-refractivity contribution in [3.05, 3.63) is 0 Å². The number of morpholine rings is 1. The molecule has 0 aromatic carbocycles. The van der Waals surface area contributed by atoms with E-state index >= 15 is 0 Å². The van der Waals surface area contributed by atoms with Crippen molar-refractivity contribution in [1.82, 2.24) is 15.1 Å². The number of halogens is 2. The molecule has 7 heteroatoms. The third-order valence-electron chi connectivity index (χ3n) is 4.80. The summed E-state index contributed by atoms with van der Waals surface area (Å²) in [5, 5.41) is 3.32. The van der Waals surface area contributed by atoms with E-state index in [1.807, 2.05) is 6.92 Å². The van der Waals surface area contributed by atoms with E-state index in [-0.39, 0.29) is 42.9 Å². The van der Waals surface area contributed by atoms with Gasteiger partial charge in [-0.15, -0.1) is 24.8 Å². The van der Waals surface area contributed by atoms with Crippen LogP contribution in [0.5, 0.6) is 0 Å². The van der Waals surface area contributed by atoms with Crippen molar-refractivity contribution >= 4 is 30.7 Å². The zero-order chi connectivity index (χ0) is 13.4. The predicted molar refractivity (Wildman–Crippen MR) is 87.5 cm³/mol. The molecule has 0 spiro atoms. The molecule has 2 unspecified atom stereocenters. The number of carbonyl (C=O) groups is 1. The second-order valence-corrected chi connectivity index (χ2v) is 6.14. The largest absolute Gasteiger partial charge is 0.375 e. The second kappa shape index (κ2) is 7.97. The van der Waals surface area contributed by atoms with Crippen LogP contribution in [0.4, 0.5) is 0 Å². The van der Waals surface area contributed by atoms with Gasteiger partial charge in [-0.3, -0.25) is 9.69 Å². The van der Waals surface area contributed by atoms with Gasteiger partial charge < -0.3 is 15.0 Å². The highest BCUT2D eigenvalue weighted by atomic mass is 35.5. The second-order valence-electron chi connectivity index (χ2n) is 6.14. The van der Waals surface area contributed by atoms with Gasteiger partial charge in [0.15, 0.2) is 0 Å². The van der Waals surface area contributed by atoms with Gasteiger partial charge in [0.2, 0.25) is 5.91 Å². The van der Waals surface area contributed by atoms with Gasteiger partial charge in [-0.2, -0.15) is 0 Å². The van der Waals surface area contributed by atoms with Crippen LogP contribution in [-0.4, -0.2) is 72.7 Å². The molecule has 1 amide bonds. The van der Waals surface area contributed by atoms with E-state index in [4.69, 9.17) is 4.74 Å². The molecule has 0 aliphatic carbocycles. The molecule has 5 nitrogen and oxygen atoms in total. The number of amides is 1. The Bertz CT molecular complexity index is 359. The normalized spacial score (nSPS) is 36.4. The Kier molecular flexibility index (Phi) is 7.20. The molecule has 124 valence electrons. The number of hydrogen-bond acceptors (Lipinski definition) is 4. The molecule has 0 saturated carbocycles. The van der Waals surface area contributed by atoms with Crippen molar-refractivity contribution in [1.29, 1.82) is 0 Å². The van der Waals surface area contributed by atoms with Crippen LogP contribution in [0.25, 0.3) is 0 Å². The number of piperazine rings is 1. The Morgan fingerprint density at radius 3 is 2.71 bits per heavy atom. The van der Waals surface area contributed by atoms with E-state index in [2.05, 4.69) is 22.0 Å². The number of ether oxygens (including phenoxy) is 1. The zero-order valence-corrected chi connectivity index (χ0v) is 14.4. The molecule has 0 aromatic heterocycles. The first-order valence-electron chi connectivity index (χ1n) is 7.56. The van der Waals surface area contributed by atoms with Crippen molar-refractivity contribution in [3.8, 4) is 0 Å². The molecule has 21 heavy (non-hydrogen) atoms. The minimum absolute atomic E-state index is 0. The Labute approximate surface area is 139 Å². The summed E-state index contributed by atoms with van der Waals surface area (Å²) in [6, 6.07) is 0.738. The highest BCUT2D eigenvalue weighted by molar-refractivity contribution is 5.85. The summed E-state index contributed by atoms with van der Waals surface area (Å²) in [7, 11) is 0. The van der Waals surface area contributed by atoms with E-state index < -0.39 is 0 Å². The summed E-state index contributed by atoms with van der Waals surface area (Å²) in [5.74, 6) is 0.228. The maximum Gasteiger partial charge on any atom is 0.242 e. The zero-order valence-electron chi connectivity index (χ0n) is 12.8. The van der Waals surface area contributed by atoms with Crippen molar-refractivity contribution < 1.29 is 9.53 Å². The van der Waals surface area contributed by atoms with Gasteiger partial charge in [-0.1, -0.05) is 0 Å². The molecule has 3 rings (SSSR count). The summed E-state index contributed by atoms with van der Waals surface area (Å²) >= 11 is 0. The molecule has 3 saturated heterocycles. The lowest BCUT2D eigenvalue weighted by Gasteiger charge is -2.44. The predicted octanol–water partition coefficient (Wildman–Crippen LogP) is 0.902. The van der Waals surface area contributed by atoms with Gasteiger partial charge >= 0.3 is 0 Å². The molecule has 3 heterocycles. The van der Waals surface area contributed by atoms with Crippen LogP contribution >= 0.6 is 24.8 Å². The minimum Gasteiger partial charge on any atom is -0.375 e. The highest BCUT2D eigenvalue weighted by Gasteiger charge is 2.40. The summed E-state index contributed by atoms with van der Waals surface area (Å²) < 4.78 is 5.60. The smallest absolute Gasteiger partial charge is 0.242 e. The molecule has 4 atom stereocenters. The summed E-state index contributed by atoms with van der Waals surface area (Å²) in [5.41, 5.74) is 0. The van der Waals surface area contributed by atoms with Crippen LogP contribution in [0, 0.1) is 0 Å². The van der Waals surface area contributed by atoms with Crippen LogP contribution in [0.2, 0.25) is 0 Å². The summed E-state index contributed by atoms with van der Waals surface area (Å²) in [6.07, 6.45) is 2.50. The van der Waals surface area contributed by atoms with Crippen LogP contribution in [0.1, 0.15) is 26.7 Å². The van der Waals surface area contributed by atoms with Gasteiger partial charge in [0.25, 0.3) is 0 Å². The van der Waals surface area contributed by atoms with Gasteiger partial charge in [0.1, 0.15) is 6.04 Å². The molecule has 1 N–H and O–H groups in total. The molecule has 0 bridgehead atoms. The average Bonchev–Trinajstić information content (AvgIpc) is 2.84. The van der Waals surface area contributed by atoms with Crippen molar-refractivity contribution in [2.45, 2.75) is 50.9 Å². The quantitative estimate of drug-likeness (QED) is 0.771. The Morgan fingerprint density at radius 1 is 1.24 bits per heavy atom. The number of carbonyl (C=O) groups excluding carboxylic acids is 1. The Morgan fingerprint density at radius 2 is 2.00 bits per heavy atom. The van der Waals surface area contributed by atoms with E-state index in [9.17, 15) is 4.79 Å². The summed E-state index contributed by atoms with van der Waals surface area (Å²) in [6.45, 7) is 8.77. The average molecular weight is 340 g/mol. The SMILES string of the molecule is CC1CN2CCCC2CN1C(=O)[C@H]1NCCO[C@@H]1C.Cl.Cl. The van der Waals surface area contributed by atoms with E-state index in [0.717, 1.165) is 19.6 Å². The van der Waals surface area contributed by atoms with Gasteiger partial charge in [-0.25, -0.2) is 0 Å². The third-order valence-corrected chi connectivity index (χ3v) is 4.80. The highest BCUT2D eigenvalue weighted by Crippen LogP contribution is 2.25. The topological polar surface area (TPSA) is 44.8 Å². The van der Waals surface area contributed by atoms with Gasteiger partial charge in [-0.05, 0) is 33.2 Å². The lowest BCUT2D eigenvalue weighted by Crippen LogP contribution is -2.63. The number of nitrogens with zero attached hydrogens (tertiary/aromatic N) is 2. The first-order valence-corrected chi connectivity index (χ1v) is 7.56. The van der Waals surface area contributed by atoms with Crippen LogP contribution in [-0.2, 0) is 9.53 Å². The van der Waals surface area contributed by atoms with Crippen LogP contribution < -0.4 is 5.32 Å². The fraction of sp³-hybridized carbons (Fsp3) is 0.929. The first-order chi connectivity index (χ1) is 9.16. The van der Waals surface area contributed by atoms with Crippen molar-refractivity contribution in [2.75, 3.05) is 32.8 Å². The third kappa shape index (κ3) is 3.82. The van der Waals surface area contributed by atoms with Crippen LogP contribution in [0.3, 0.4) is 0 Å². The molecule has 0 aromatic rings. The Hall–Kier alpha value is -0.0700. The number of fused-ring (bicyclic) bond motifs is 1. The number of hydrogen-bond donors (Lipinski definition) is 1. The van der Waals surface area contributed by atoms with Gasteiger partial charge in [0.05, 0.1) is 12.7 Å². The molecule has 0 radical (unpaired) electrons. The van der Waals surface area contributed by atoms with E-state index in [1.54, 1.807) is 0 Å². The van der Waals surface area contributed by atoms with Crippen LogP contribution in [0.15, 0.2) is 0 Å². The fourth-order valence-electron chi connectivity index (χ4n) is 3.68. The molecule has 3 aliphatic rings. The standard InChI is InChI=1S/C14H25N3O2.2ClH/c1-10-8-16-6-3-4-12(16)9-17(10)14(18)13-11(2)19-7-5-15-13;;/h10-13,15H,3-9H2,1-2H3;2*1H/t10?,11-,12?,13+;;/m1../s1. The van der Waals surface area contributed by atoms with Crippen molar-refractivity contribution in [2.24, 2.45) is 0 Å². The Balaban J connectivity index is 0.00000110. The molecular weight excluding hydrogens is 313 g/mol. The van der Waals surface area contributed by atoms with Crippen molar-refractivity contribution in [3.63, 3.8) is 0 Å². The van der Waals surface area contributed by atoms with E-state index in [1.165, 1.54) is 19.4 Å². The van der Waals surface area contributed by atoms with Gasteiger partial charge in [0, 0.05) is 31.7 Å². The maximum absolute atomic E-state index is 12.7. The lowest BCUT2D eigenvalue weighted by atomic mass is 10.0. The number of nitrogens with one attached hydrogen (secondary N) is 1. The molecule has 3 fully saturated rings.